The topological polar surface area (TPSA) is 81.0 Å². The Morgan fingerprint density at radius 1 is 1.13 bits per heavy atom. The lowest BCUT2D eigenvalue weighted by atomic mass is 10.2. The summed E-state index contributed by atoms with van der Waals surface area (Å²) in [7, 11) is 1.63. The van der Waals surface area contributed by atoms with Crippen LogP contribution in [-0.4, -0.2) is 41.4 Å². The Morgan fingerprint density at radius 2 is 1.84 bits per heavy atom. The summed E-state index contributed by atoms with van der Waals surface area (Å²) >= 11 is 3.18. The molecule has 3 aromatic rings. The van der Waals surface area contributed by atoms with Crippen LogP contribution in [0.15, 0.2) is 47.5 Å². The van der Waals surface area contributed by atoms with Crippen molar-refractivity contribution in [3.63, 3.8) is 0 Å². The molecule has 0 bridgehead atoms. The molecule has 1 aromatic heterocycles. The molecule has 0 N–H and O–H groups in total. The quantitative estimate of drug-likeness (QED) is 0.532. The van der Waals surface area contributed by atoms with Crippen LogP contribution in [0.5, 0.6) is 5.75 Å². The van der Waals surface area contributed by atoms with Crippen LogP contribution in [0.4, 0.5) is 5.69 Å². The highest BCUT2D eigenvalue weighted by atomic mass is 32.2. The first-order valence-electron chi connectivity index (χ1n) is 9.73. The van der Waals surface area contributed by atoms with Crippen LogP contribution >= 0.6 is 23.1 Å². The van der Waals surface area contributed by atoms with Crippen LogP contribution in [-0.2, 0) is 16.1 Å². The number of anilines is 1. The van der Waals surface area contributed by atoms with Gasteiger partial charge in [-0.05, 0) is 42.7 Å². The number of carbonyl (C=O) groups excluding carboxylic acids is 3. The Kier molecular flexibility index (Phi) is 6.24. The summed E-state index contributed by atoms with van der Waals surface area (Å²) in [6.45, 7) is 0.721. The number of fused-ring (bicyclic) bond motifs is 1. The van der Waals surface area contributed by atoms with Crippen molar-refractivity contribution in [1.29, 1.82) is 0 Å². The van der Waals surface area contributed by atoms with Crippen molar-refractivity contribution in [3.8, 4) is 5.75 Å². The molecular formula is C22H21N3O4S2. The van der Waals surface area contributed by atoms with E-state index in [2.05, 4.69) is 4.99 Å². The van der Waals surface area contributed by atoms with E-state index in [1.54, 1.807) is 43.1 Å². The smallest absolute Gasteiger partial charge is 0.279 e. The van der Waals surface area contributed by atoms with Crippen molar-refractivity contribution in [3.05, 3.63) is 52.8 Å². The van der Waals surface area contributed by atoms with Gasteiger partial charge in [-0.25, -0.2) is 0 Å². The highest BCUT2D eigenvalue weighted by Gasteiger charge is 2.30. The molecule has 0 radical (unpaired) electrons. The van der Waals surface area contributed by atoms with E-state index in [1.807, 2.05) is 29.0 Å². The van der Waals surface area contributed by atoms with Gasteiger partial charge < -0.3 is 9.30 Å². The van der Waals surface area contributed by atoms with Gasteiger partial charge in [-0.15, -0.1) is 0 Å². The van der Waals surface area contributed by atoms with E-state index in [0.717, 1.165) is 28.3 Å². The number of thioether (sulfide) groups is 1. The van der Waals surface area contributed by atoms with Crippen molar-refractivity contribution in [1.82, 2.24) is 4.57 Å². The Bertz CT molecular complexity index is 1210. The number of thiazole rings is 1. The lowest BCUT2D eigenvalue weighted by Crippen LogP contribution is -2.28. The standard InChI is InChI=1S/C22H21N3O4S2/c1-29-16-7-8-18-17(13-16)24(11-12-30-2)22(31-18)23-21(28)14-3-5-15(6-4-14)25-19(26)9-10-20(25)27/h3-8,13H,9-12H2,1-2H3. The molecule has 0 spiro atoms. The number of imide groups is 1. The number of aryl methyl sites for hydroxylation is 1. The molecule has 1 aliphatic heterocycles. The third-order valence-corrected chi connectivity index (χ3v) is 6.68. The lowest BCUT2D eigenvalue weighted by molar-refractivity contribution is -0.121. The molecule has 9 heteroatoms. The fourth-order valence-electron chi connectivity index (χ4n) is 3.43. The number of nitrogens with zero attached hydrogens (tertiary/aromatic N) is 3. The number of hydrogen-bond donors (Lipinski definition) is 0. The van der Waals surface area contributed by atoms with Crippen molar-refractivity contribution in [2.45, 2.75) is 19.4 Å². The van der Waals surface area contributed by atoms with Crippen LogP contribution in [0, 0.1) is 0 Å². The first-order chi connectivity index (χ1) is 15.0. The van der Waals surface area contributed by atoms with Crippen LogP contribution in [0.1, 0.15) is 23.2 Å². The highest BCUT2D eigenvalue weighted by Crippen LogP contribution is 2.24. The maximum atomic E-state index is 12.9. The minimum absolute atomic E-state index is 0.218. The minimum Gasteiger partial charge on any atom is -0.497 e. The van der Waals surface area contributed by atoms with E-state index in [4.69, 9.17) is 4.74 Å². The van der Waals surface area contributed by atoms with Crippen molar-refractivity contribution in [2.24, 2.45) is 4.99 Å². The summed E-state index contributed by atoms with van der Waals surface area (Å²) in [4.78, 5) is 42.8. The van der Waals surface area contributed by atoms with Gasteiger partial charge in [0.25, 0.3) is 5.91 Å². The molecule has 0 atom stereocenters. The molecular weight excluding hydrogens is 434 g/mol. The number of hydrogen-bond acceptors (Lipinski definition) is 6. The number of benzene rings is 2. The first kappa shape index (κ1) is 21.3. The van der Waals surface area contributed by atoms with Gasteiger partial charge in [-0.3, -0.25) is 19.3 Å². The molecule has 160 valence electrons. The van der Waals surface area contributed by atoms with Crippen molar-refractivity contribution < 1.29 is 19.1 Å². The normalized spacial score (nSPS) is 14.6. The zero-order valence-corrected chi connectivity index (χ0v) is 18.8. The Hall–Kier alpha value is -2.91. The first-order valence-corrected chi connectivity index (χ1v) is 11.9. The Labute approximate surface area is 187 Å². The van der Waals surface area contributed by atoms with Gasteiger partial charge in [0.05, 0.1) is 23.0 Å². The molecule has 1 aliphatic rings. The molecule has 1 fully saturated rings. The Balaban J connectivity index is 1.68. The van der Waals surface area contributed by atoms with E-state index in [9.17, 15) is 14.4 Å². The summed E-state index contributed by atoms with van der Waals surface area (Å²) in [5.74, 6) is 0.829. The molecule has 0 aliphatic carbocycles. The van der Waals surface area contributed by atoms with Gasteiger partial charge in [0.1, 0.15) is 5.75 Å². The van der Waals surface area contributed by atoms with E-state index in [-0.39, 0.29) is 30.6 Å². The van der Waals surface area contributed by atoms with Gasteiger partial charge in [-0.1, -0.05) is 11.3 Å². The number of ether oxygens (including phenoxy) is 1. The van der Waals surface area contributed by atoms with Gasteiger partial charge in [0, 0.05) is 36.8 Å². The predicted octanol–water partition coefficient (Wildman–Crippen LogP) is 3.47. The zero-order chi connectivity index (χ0) is 22.0. The van der Waals surface area contributed by atoms with Crippen LogP contribution in [0.25, 0.3) is 10.2 Å². The summed E-state index contributed by atoms with van der Waals surface area (Å²) in [5, 5.41) is 0. The number of methoxy groups -OCH3 is 1. The van der Waals surface area contributed by atoms with E-state index in [0.29, 0.717) is 16.1 Å². The highest BCUT2D eigenvalue weighted by molar-refractivity contribution is 7.98. The van der Waals surface area contributed by atoms with Crippen LogP contribution < -0.4 is 14.4 Å². The summed E-state index contributed by atoms with van der Waals surface area (Å²) in [6, 6.07) is 12.2. The third-order valence-electron chi connectivity index (χ3n) is 5.03. The van der Waals surface area contributed by atoms with E-state index >= 15 is 0 Å². The van der Waals surface area contributed by atoms with Gasteiger partial charge in [0.2, 0.25) is 11.8 Å². The monoisotopic (exact) mass is 455 g/mol. The molecule has 0 saturated carbocycles. The summed E-state index contributed by atoms with van der Waals surface area (Å²) < 4.78 is 8.40. The molecule has 0 unspecified atom stereocenters. The fraction of sp³-hybridized carbons (Fsp3) is 0.273. The van der Waals surface area contributed by atoms with Gasteiger partial charge in [0.15, 0.2) is 4.80 Å². The number of carbonyl (C=O) groups is 3. The van der Waals surface area contributed by atoms with Crippen molar-refractivity contribution >= 4 is 56.7 Å². The average Bonchev–Trinajstić information content (AvgIpc) is 3.30. The van der Waals surface area contributed by atoms with E-state index in [1.165, 1.54) is 16.2 Å². The molecule has 2 aromatic carbocycles. The summed E-state index contributed by atoms with van der Waals surface area (Å²) in [6.07, 6.45) is 2.48. The van der Waals surface area contributed by atoms with Gasteiger partial charge in [-0.2, -0.15) is 16.8 Å². The second-order valence-electron chi connectivity index (χ2n) is 6.95. The molecule has 4 rings (SSSR count). The van der Waals surface area contributed by atoms with E-state index < -0.39 is 0 Å². The fourth-order valence-corrected chi connectivity index (χ4v) is 4.83. The molecule has 3 amide bonds. The van der Waals surface area contributed by atoms with Crippen molar-refractivity contribution in [2.75, 3.05) is 24.0 Å². The molecule has 2 heterocycles. The maximum Gasteiger partial charge on any atom is 0.279 e. The number of aromatic nitrogens is 1. The second kappa shape index (κ2) is 9.07. The second-order valence-corrected chi connectivity index (χ2v) is 8.94. The number of amides is 3. The minimum atomic E-state index is -0.373. The Morgan fingerprint density at radius 3 is 2.48 bits per heavy atom. The molecule has 1 saturated heterocycles. The van der Waals surface area contributed by atoms with Gasteiger partial charge >= 0.3 is 0 Å². The lowest BCUT2D eigenvalue weighted by Gasteiger charge is -2.13. The average molecular weight is 456 g/mol. The SMILES string of the molecule is COc1ccc2sc(=NC(=O)c3ccc(N4C(=O)CCC4=O)cc3)n(CCSC)c2c1. The third kappa shape index (κ3) is 4.28. The van der Waals surface area contributed by atoms with Crippen LogP contribution in [0.2, 0.25) is 0 Å². The molecule has 31 heavy (non-hydrogen) atoms. The predicted molar refractivity (Wildman–Crippen MR) is 123 cm³/mol. The zero-order valence-electron chi connectivity index (χ0n) is 17.2. The maximum absolute atomic E-state index is 12.9. The largest absolute Gasteiger partial charge is 0.497 e. The molecule has 7 nitrogen and oxygen atoms in total. The summed E-state index contributed by atoms with van der Waals surface area (Å²) in [5.41, 5.74) is 1.86. The number of rotatable bonds is 6. The van der Waals surface area contributed by atoms with Crippen LogP contribution in [0.3, 0.4) is 0 Å².